The molecule has 0 aliphatic carbocycles. The Morgan fingerprint density at radius 1 is 1.50 bits per heavy atom. The lowest BCUT2D eigenvalue weighted by atomic mass is 10.1. The first-order valence-corrected chi connectivity index (χ1v) is 3.93. The van der Waals surface area contributed by atoms with Crippen LogP contribution < -0.4 is 16.6 Å². The van der Waals surface area contributed by atoms with Crippen molar-refractivity contribution in [3.8, 4) is 0 Å². The van der Waals surface area contributed by atoms with Gasteiger partial charge in [-0.15, -0.1) is 5.10 Å². The molecule has 0 spiro atoms. The summed E-state index contributed by atoms with van der Waals surface area (Å²) in [4.78, 5) is 0. The Hall–Kier alpha value is -1.20. The van der Waals surface area contributed by atoms with Gasteiger partial charge in [0, 0.05) is 19.5 Å². The maximum Gasteiger partial charge on any atom is 0.162 e. The summed E-state index contributed by atoms with van der Waals surface area (Å²) in [6, 6.07) is 1.93. The van der Waals surface area contributed by atoms with Crippen LogP contribution in [0.1, 0.15) is 11.3 Å². The fourth-order valence-electron chi connectivity index (χ4n) is 1.32. The molecular formula is C7H11N5. The van der Waals surface area contributed by atoms with Crippen LogP contribution in [-0.4, -0.2) is 16.7 Å². The van der Waals surface area contributed by atoms with Gasteiger partial charge in [-0.25, -0.2) is 5.84 Å². The van der Waals surface area contributed by atoms with Crippen molar-refractivity contribution >= 4 is 5.82 Å². The Labute approximate surface area is 70.3 Å². The van der Waals surface area contributed by atoms with E-state index >= 15 is 0 Å². The van der Waals surface area contributed by atoms with E-state index in [2.05, 4.69) is 20.9 Å². The van der Waals surface area contributed by atoms with Gasteiger partial charge >= 0.3 is 0 Å². The van der Waals surface area contributed by atoms with E-state index in [4.69, 9.17) is 5.84 Å². The Kier molecular flexibility index (Phi) is 1.89. The first-order chi connectivity index (χ1) is 5.90. The van der Waals surface area contributed by atoms with Gasteiger partial charge in [-0.05, 0) is 11.6 Å². The molecule has 5 nitrogen and oxygen atoms in total. The van der Waals surface area contributed by atoms with Crippen molar-refractivity contribution in [1.29, 1.82) is 0 Å². The van der Waals surface area contributed by atoms with Gasteiger partial charge in [0.1, 0.15) is 0 Å². The van der Waals surface area contributed by atoms with Gasteiger partial charge in [-0.1, -0.05) is 0 Å². The second-order valence-electron chi connectivity index (χ2n) is 2.77. The highest BCUT2D eigenvalue weighted by Gasteiger charge is 2.10. The second-order valence-corrected chi connectivity index (χ2v) is 2.77. The lowest BCUT2D eigenvalue weighted by Gasteiger charge is -2.15. The molecule has 1 aromatic heterocycles. The molecule has 2 heterocycles. The molecule has 4 N–H and O–H groups in total. The fraction of sp³-hybridized carbons (Fsp3) is 0.429. The number of anilines is 1. The predicted molar refractivity (Wildman–Crippen MR) is 45.3 cm³/mol. The van der Waals surface area contributed by atoms with Crippen molar-refractivity contribution in [3.05, 3.63) is 17.3 Å². The maximum atomic E-state index is 5.21. The average Bonchev–Trinajstić information content (AvgIpc) is 2.17. The number of aromatic nitrogens is 2. The van der Waals surface area contributed by atoms with Gasteiger partial charge in [-0.2, -0.15) is 5.10 Å². The molecule has 1 aliphatic heterocycles. The quantitative estimate of drug-likeness (QED) is 0.383. The number of rotatable bonds is 1. The predicted octanol–water partition coefficient (Wildman–Crippen LogP) is -0.592. The summed E-state index contributed by atoms with van der Waals surface area (Å²) in [5.74, 6) is 5.83. The number of nitrogen functional groups attached to an aromatic ring is 1. The van der Waals surface area contributed by atoms with Gasteiger partial charge in [-0.3, -0.25) is 0 Å². The number of nitrogens with two attached hydrogens (primary N) is 1. The van der Waals surface area contributed by atoms with E-state index < -0.39 is 0 Å². The highest BCUT2D eigenvalue weighted by atomic mass is 15.3. The summed E-state index contributed by atoms with van der Waals surface area (Å²) >= 11 is 0. The van der Waals surface area contributed by atoms with Crippen LogP contribution in [0.25, 0.3) is 0 Å². The third kappa shape index (κ3) is 1.24. The van der Waals surface area contributed by atoms with E-state index in [9.17, 15) is 0 Å². The summed E-state index contributed by atoms with van der Waals surface area (Å²) in [6.07, 6.45) is 0.952. The smallest absolute Gasteiger partial charge is 0.162 e. The van der Waals surface area contributed by atoms with Crippen LogP contribution in [0.5, 0.6) is 0 Å². The molecule has 2 rings (SSSR count). The SMILES string of the molecule is NNc1cc2c(nn1)CCNC2. The minimum atomic E-state index is 0.623. The minimum Gasteiger partial charge on any atom is -0.312 e. The summed E-state index contributed by atoms with van der Waals surface area (Å²) < 4.78 is 0. The summed E-state index contributed by atoms with van der Waals surface area (Å²) in [7, 11) is 0. The molecule has 0 amide bonds. The van der Waals surface area contributed by atoms with Crippen LogP contribution in [0.15, 0.2) is 6.07 Å². The van der Waals surface area contributed by atoms with E-state index in [1.54, 1.807) is 0 Å². The van der Waals surface area contributed by atoms with E-state index in [1.807, 2.05) is 6.07 Å². The topological polar surface area (TPSA) is 75.9 Å². The van der Waals surface area contributed by atoms with Gasteiger partial charge in [0.05, 0.1) is 5.69 Å². The molecule has 0 aromatic carbocycles. The van der Waals surface area contributed by atoms with Gasteiger partial charge in [0.15, 0.2) is 5.82 Å². The summed E-state index contributed by atoms with van der Waals surface area (Å²) in [5.41, 5.74) is 4.74. The molecular weight excluding hydrogens is 154 g/mol. The van der Waals surface area contributed by atoms with Crippen molar-refractivity contribution in [2.24, 2.45) is 5.84 Å². The molecule has 64 valence electrons. The lowest BCUT2D eigenvalue weighted by molar-refractivity contribution is 0.621. The zero-order chi connectivity index (χ0) is 8.39. The Morgan fingerprint density at radius 3 is 3.25 bits per heavy atom. The number of hydrazine groups is 1. The molecule has 1 aromatic rings. The zero-order valence-corrected chi connectivity index (χ0v) is 6.67. The van der Waals surface area contributed by atoms with Crippen LogP contribution in [-0.2, 0) is 13.0 Å². The molecule has 0 radical (unpaired) electrons. The van der Waals surface area contributed by atoms with E-state index in [0.29, 0.717) is 5.82 Å². The molecule has 12 heavy (non-hydrogen) atoms. The van der Waals surface area contributed by atoms with Crippen molar-refractivity contribution in [1.82, 2.24) is 15.5 Å². The molecule has 0 bridgehead atoms. The molecule has 0 saturated heterocycles. The van der Waals surface area contributed by atoms with Crippen molar-refractivity contribution in [2.75, 3.05) is 12.0 Å². The highest BCUT2D eigenvalue weighted by Crippen LogP contribution is 2.12. The molecule has 0 saturated carbocycles. The molecule has 5 heteroatoms. The van der Waals surface area contributed by atoms with Crippen LogP contribution in [0.4, 0.5) is 5.82 Å². The third-order valence-corrected chi connectivity index (χ3v) is 1.96. The lowest BCUT2D eigenvalue weighted by Crippen LogP contribution is -2.25. The summed E-state index contributed by atoms with van der Waals surface area (Å²) in [6.45, 7) is 1.84. The van der Waals surface area contributed by atoms with Gasteiger partial charge in [0.2, 0.25) is 0 Å². The van der Waals surface area contributed by atoms with Crippen LogP contribution in [0.2, 0.25) is 0 Å². The number of hydrogen-bond acceptors (Lipinski definition) is 5. The van der Waals surface area contributed by atoms with E-state index in [0.717, 1.165) is 25.2 Å². The van der Waals surface area contributed by atoms with Crippen molar-refractivity contribution in [3.63, 3.8) is 0 Å². The molecule has 0 fully saturated rings. The number of hydrogen-bond donors (Lipinski definition) is 3. The zero-order valence-electron chi connectivity index (χ0n) is 6.67. The first kappa shape index (κ1) is 7.45. The molecule has 0 unspecified atom stereocenters. The third-order valence-electron chi connectivity index (χ3n) is 1.96. The molecule has 0 atom stereocenters. The van der Waals surface area contributed by atoms with Crippen LogP contribution >= 0.6 is 0 Å². The summed E-state index contributed by atoms with van der Waals surface area (Å²) in [5, 5.41) is 11.2. The van der Waals surface area contributed by atoms with Crippen molar-refractivity contribution < 1.29 is 0 Å². The van der Waals surface area contributed by atoms with E-state index in [-0.39, 0.29) is 0 Å². The number of nitrogens with zero attached hydrogens (tertiary/aromatic N) is 2. The van der Waals surface area contributed by atoms with Crippen LogP contribution in [0, 0.1) is 0 Å². The normalized spacial score (nSPS) is 15.4. The average molecular weight is 165 g/mol. The minimum absolute atomic E-state index is 0.623. The highest BCUT2D eigenvalue weighted by molar-refractivity contribution is 5.37. The van der Waals surface area contributed by atoms with E-state index in [1.165, 1.54) is 5.56 Å². The standard InChI is InChI=1S/C7H11N5/c8-10-7-3-5-4-9-2-1-6(5)11-12-7/h3,9H,1-2,4,8H2,(H,10,12). The Bertz CT molecular complexity index is 285. The Morgan fingerprint density at radius 2 is 2.42 bits per heavy atom. The number of fused-ring (bicyclic) bond motifs is 1. The molecule has 1 aliphatic rings. The van der Waals surface area contributed by atoms with Crippen LogP contribution in [0.3, 0.4) is 0 Å². The van der Waals surface area contributed by atoms with Crippen molar-refractivity contribution in [2.45, 2.75) is 13.0 Å². The largest absolute Gasteiger partial charge is 0.312 e. The first-order valence-electron chi connectivity index (χ1n) is 3.93. The second kappa shape index (κ2) is 3.04. The number of nitrogens with one attached hydrogen (secondary N) is 2. The maximum absolute atomic E-state index is 5.21. The monoisotopic (exact) mass is 165 g/mol. The van der Waals surface area contributed by atoms with Gasteiger partial charge < -0.3 is 10.7 Å². The van der Waals surface area contributed by atoms with Gasteiger partial charge in [0.25, 0.3) is 0 Å². The Balaban J connectivity index is 2.36. The fourth-order valence-corrected chi connectivity index (χ4v) is 1.32.